The zero-order valence-electron chi connectivity index (χ0n) is 13.3. The lowest BCUT2D eigenvalue weighted by Gasteiger charge is -2.09. The second-order valence-electron chi connectivity index (χ2n) is 5.76. The average molecular weight is 365 g/mol. The highest BCUT2D eigenvalue weighted by atomic mass is 32.2. The number of halogens is 1. The summed E-state index contributed by atoms with van der Waals surface area (Å²) >= 11 is 0. The van der Waals surface area contributed by atoms with Gasteiger partial charge in [-0.2, -0.15) is 0 Å². The minimum atomic E-state index is -4.01. The third kappa shape index (κ3) is 2.44. The normalized spacial score (nSPS) is 11.7. The van der Waals surface area contributed by atoms with Crippen LogP contribution in [0, 0.1) is 18.2 Å². The highest BCUT2D eigenvalue weighted by Gasteiger charge is 2.21. The van der Waals surface area contributed by atoms with Gasteiger partial charge in [-0.15, -0.1) is 6.42 Å². The predicted octanol–water partition coefficient (Wildman–Crippen LogP) is 2.95. The van der Waals surface area contributed by atoms with E-state index in [1.165, 1.54) is 22.9 Å². The Morgan fingerprint density at radius 2 is 2.00 bits per heavy atom. The monoisotopic (exact) mass is 365 g/mol. The van der Waals surface area contributed by atoms with Crippen molar-refractivity contribution in [1.29, 1.82) is 0 Å². The van der Waals surface area contributed by atoms with E-state index in [4.69, 9.17) is 11.6 Å². The summed E-state index contributed by atoms with van der Waals surface area (Å²) in [4.78, 5) is 4.25. The zero-order valence-corrected chi connectivity index (χ0v) is 14.2. The van der Waals surface area contributed by atoms with Crippen molar-refractivity contribution in [3.8, 4) is 18.0 Å². The molecule has 0 bridgehead atoms. The number of pyridine rings is 1. The largest absolute Gasteiger partial charge is 0.310 e. The van der Waals surface area contributed by atoms with Crippen LogP contribution >= 0.6 is 0 Å². The molecule has 5 nitrogen and oxygen atoms in total. The Labute approximate surface area is 148 Å². The van der Waals surface area contributed by atoms with Crippen molar-refractivity contribution in [1.82, 2.24) is 9.55 Å². The zero-order chi connectivity index (χ0) is 18.5. The Kier molecular flexibility index (Phi) is 3.54. The molecule has 0 unspecified atom stereocenters. The van der Waals surface area contributed by atoms with E-state index in [0.717, 1.165) is 5.39 Å². The van der Waals surface area contributed by atoms with Crippen LogP contribution in [0.1, 0.15) is 5.56 Å². The molecule has 0 saturated carbocycles. The van der Waals surface area contributed by atoms with Gasteiger partial charge in [0.15, 0.2) is 0 Å². The van der Waals surface area contributed by atoms with E-state index in [1.54, 1.807) is 30.5 Å². The SMILES string of the molecule is C#Cc1ccc(-n2cc(S(N)(=O)=O)c3ccc4cccnc4c32)c(F)c1. The van der Waals surface area contributed by atoms with E-state index in [1.807, 2.05) is 6.07 Å². The molecule has 7 heteroatoms. The molecule has 0 radical (unpaired) electrons. The van der Waals surface area contributed by atoms with Crippen molar-refractivity contribution in [2.45, 2.75) is 4.90 Å². The van der Waals surface area contributed by atoms with E-state index in [-0.39, 0.29) is 10.6 Å². The standard InChI is InChI=1S/C19H12FN3O2S/c1-2-12-5-8-16(15(20)10-12)23-11-17(26(21,24)25)14-7-6-13-4-3-9-22-18(13)19(14)23/h1,3-11H,(H2,21,24,25). The molecule has 4 rings (SSSR count). The number of aromatic nitrogens is 2. The molecule has 0 spiro atoms. The van der Waals surface area contributed by atoms with Crippen LogP contribution in [-0.2, 0) is 10.0 Å². The van der Waals surface area contributed by atoms with Crippen molar-refractivity contribution in [2.24, 2.45) is 5.14 Å². The number of hydrogen-bond acceptors (Lipinski definition) is 3. The molecule has 2 heterocycles. The maximum Gasteiger partial charge on any atom is 0.240 e. The van der Waals surface area contributed by atoms with Gasteiger partial charge in [-0.25, -0.2) is 17.9 Å². The molecule has 2 aromatic carbocycles. The molecule has 2 aromatic heterocycles. The van der Waals surface area contributed by atoms with Gasteiger partial charge in [-0.1, -0.05) is 24.1 Å². The maximum atomic E-state index is 14.6. The molecule has 0 aliphatic rings. The summed E-state index contributed by atoms with van der Waals surface area (Å²) in [5.41, 5.74) is 1.54. The number of hydrogen-bond donors (Lipinski definition) is 1. The number of primary sulfonamides is 1. The van der Waals surface area contributed by atoms with E-state index in [0.29, 0.717) is 22.0 Å². The molecule has 0 aliphatic heterocycles. The fourth-order valence-electron chi connectivity index (χ4n) is 3.03. The van der Waals surface area contributed by atoms with Crippen LogP contribution in [0.2, 0.25) is 0 Å². The van der Waals surface area contributed by atoms with Crippen molar-refractivity contribution >= 4 is 31.8 Å². The summed E-state index contributed by atoms with van der Waals surface area (Å²) in [6.07, 6.45) is 8.20. The lowest BCUT2D eigenvalue weighted by molar-refractivity contribution is 0.598. The average Bonchev–Trinajstić information content (AvgIpc) is 3.02. The molecule has 0 aliphatic carbocycles. The van der Waals surface area contributed by atoms with Gasteiger partial charge in [0.25, 0.3) is 0 Å². The molecule has 128 valence electrons. The lowest BCUT2D eigenvalue weighted by atomic mass is 10.1. The van der Waals surface area contributed by atoms with E-state index < -0.39 is 15.8 Å². The second kappa shape index (κ2) is 5.66. The van der Waals surface area contributed by atoms with Crippen LogP contribution in [-0.4, -0.2) is 18.0 Å². The first-order valence-electron chi connectivity index (χ1n) is 7.58. The minimum Gasteiger partial charge on any atom is -0.310 e. The number of nitrogens with two attached hydrogens (primary N) is 1. The molecule has 26 heavy (non-hydrogen) atoms. The Morgan fingerprint density at radius 1 is 1.19 bits per heavy atom. The number of terminal acetylenes is 1. The van der Waals surface area contributed by atoms with Crippen LogP contribution in [0.3, 0.4) is 0 Å². The first-order valence-corrected chi connectivity index (χ1v) is 9.13. The first kappa shape index (κ1) is 16.3. The van der Waals surface area contributed by atoms with Gasteiger partial charge in [0.2, 0.25) is 10.0 Å². The van der Waals surface area contributed by atoms with Crippen LogP contribution < -0.4 is 5.14 Å². The molecule has 0 saturated heterocycles. The van der Waals surface area contributed by atoms with E-state index in [9.17, 15) is 12.8 Å². The Hall–Kier alpha value is -3.21. The number of fused-ring (bicyclic) bond motifs is 3. The van der Waals surface area contributed by atoms with E-state index >= 15 is 0 Å². The molecule has 2 N–H and O–H groups in total. The van der Waals surface area contributed by atoms with Crippen LogP contribution in [0.4, 0.5) is 4.39 Å². The minimum absolute atomic E-state index is 0.0968. The maximum absolute atomic E-state index is 14.6. The third-order valence-electron chi connectivity index (χ3n) is 4.18. The fraction of sp³-hybridized carbons (Fsp3) is 0. The van der Waals surface area contributed by atoms with Crippen molar-refractivity contribution in [2.75, 3.05) is 0 Å². The summed E-state index contributed by atoms with van der Waals surface area (Å²) in [7, 11) is -4.01. The van der Waals surface area contributed by atoms with Gasteiger partial charge >= 0.3 is 0 Å². The molecule has 0 atom stereocenters. The van der Waals surface area contributed by atoms with Gasteiger partial charge in [-0.3, -0.25) is 4.98 Å². The van der Waals surface area contributed by atoms with Crippen molar-refractivity contribution in [3.05, 3.63) is 66.2 Å². The Bertz CT molecular complexity index is 1330. The Balaban J connectivity index is 2.19. The second-order valence-corrected chi connectivity index (χ2v) is 7.29. The van der Waals surface area contributed by atoms with Gasteiger partial charge in [-0.05, 0) is 24.3 Å². The van der Waals surface area contributed by atoms with E-state index in [2.05, 4.69) is 10.9 Å². The number of sulfonamides is 1. The van der Waals surface area contributed by atoms with Crippen LogP contribution in [0.15, 0.2) is 59.8 Å². The molecule has 0 amide bonds. The molecular weight excluding hydrogens is 353 g/mol. The summed E-state index contributed by atoms with van der Waals surface area (Å²) in [6, 6.07) is 11.3. The Morgan fingerprint density at radius 3 is 2.69 bits per heavy atom. The highest BCUT2D eigenvalue weighted by molar-refractivity contribution is 7.89. The quantitative estimate of drug-likeness (QED) is 0.555. The van der Waals surface area contributed by atoms with Crippen molar-refractivity contribution < 1.29 is 12.8 Å². The topological polar surface area (TPSA) is 78.0 Å². The smallest absolute Gasteiger partial charge is 0.240 e. The number of nitrogens with zero attached hydrogens (tertiary/aromatic N) is 2. The van der Waals surface area contributed by atoms with Crippen molar-refractivity contribution in [3.63, 3.8) is 0 Å². The van der Waals surface area contributed by atoms with Gasteiger partial charge < -0.3 is 4.57 Å². The van der Waals surface area contributed by atoms with Gasteiger partial charge in [0.05, 0.1) is 16.7 Å². The van der Waals surface area contributed by atoms with Gasteiger partial charge in [0, 0.05) is 28.7 Å². The van der Waals surface area contributed by atoms with Gasteiger partial charge in [0.1, 0.15) is 10.7 Å². The van der Waals surface area contributed by atoms with Crippen LogP contribution in [0.25, 0.3) is 27.5 Å². The summed E-state index contributed by atoms with van der Waals surface area (Å²) in [5, 5.41) is 6.53. The highest BCUT2D eigenvalue weighted by Crippen LogP contribution is 2.33. The fourth-order valence-corrected chi connectivity index (χ4v) is 3.76. The predicted molar refractivity (Wildman–Crippen MR) is 97.8 cm³/mol. The summed E-state index contributed by atoms with van der Waals surface area (Å²) in [6.45, 7) is 0. The lowest BCUT2D eigenvalue weighted by Crippen LogP contribution is -2.11. The molecule has 4 aromatic rings. The van der Waals surface area contributed by atoms with Crippen LogP contribution in [0.5, 0.6) is 0 Å². The third-order valence-corrected chi connectivity index (χ3v) is 5.12. The number of benzene rings is 2. The molecular formula is C19H12FN3O2S. The number of rotatable bonds is 2. The summed E-state index contributed by atoms with van der Waals surface area (Å²) < 4.78 is 40.2. The summed E-state index contributed by atoms with van der Waals surface area (Å²) in [5.74, 6) is 1.79. The first-order chi connectivity index (χ1) is 12.4. The molecule has 0 fully saturated rings.